The number of aliphatic hydroxyl groups is 1. The third kappa shape index (κ3) is 13.7. The summed E-state index contributed by atoms with van der Waals surface area (Å²) in [5.74, 6) is 0.533. The molecule has 1 atom stereocenters. The van der Waals surface area contributed by atoms with Crippen LogP contribution in [-0.4, -0.2) is 22.1 Å². The summed E-state index contributed by atoms with van der Waals surface area (Å²) in [7, 11) is 0. The highest BCUT2D eigenvalue weighted by molar-refractivity contribution is 5.96. The minimum atomic E-state index is -0.214. The van der Waals surface area contributed by atoms with Crippen molar-refractivity contribution in [3.8, 4) is 5.75 Å². The molecule has 3 heteroatoms. The zero-order chi connectivity index (χ0) is 27.9. The second-order valence-corrected chi connectivity index (χ2v) is 13.0. The number of rotatable bonds is 18. The van der Waals surface area contributed by atoms with Crippen LogP contribution in [0.5, 0.6) is 5.75 Å². The van der Waals surface area contributed by atoms with Gasteiger partial charge in [-0.1, -0.05) is 106 Å². The lowest BCUT2D eigenvalue weighted by atomic mass is 9.78. The Kier molecular flexibility index (Phi) is 15.4. The molecular formula is C34H58O3. The van der Waals surface area contributed by atoms with Crippen LogP contribution in [0.4, 0.5) is 0 Å². The van der Waals surface area contributed by atoms with E-state index in [-0.39, 0.29) is 22.7 Å². The highest BCUT2D eigenvalue weighted by atomic mass is 16.3. The molecule has 0 saturated carbocycles. The predicted octanol–water partition coefficient (Wildman–Crippen LogP) is 9.96. The lowest BCUT2D eigenvalue weighted by Gasteiger charge is -2.28. The molecule has 0 radical (unpaired) electrons. The summed E-state index contributed by atoms with van der Waals surface area (Å²) >= 11 is 0. The molecule has 1 unspecified atom stereocenters. The Morgan fingerprint density at radius 3 is 1.65 bits per heavy atom. The van der Waals surface area contributed by atoms with Crippen molar-refractivity contribution in [1.29, 1.82) is 0 Å². The van der Waals surface area contributed by atoms with Gasteiger partial charge in [-0.3, -0.25) is 4.79 Å². The number of carbonyl (C=O) groups excluding carboxylic acids is 1. The monoisotopic (exact) mass is 514 g/mol. The summed E-state index contributed by atoms with van der Waals surface area (Å²) in [5, 5.41) is 20.4. The predicted molar refractivity (Wildman–Crippen MR) is 160 cm³/mol. The van der Waals surface area contributed by atoms with Crippen molar-refractivity contribution in [1.82, 2.24) is 0 Å². The lowest BCUT2D eigenvalue weighted by molar-refractivity contribution is 0.0978. The van der Waals surface area contributed by atoms with Crippen molar-refractivity contribution in [3.05, 3.63) is 41.0 Å². The normalized spacial score (nSPS) is 13.4. The number of carbonyl (C=O) groups is 1. The van der Waals surface area contributed by atoms with E-state index in [9.17, 15) is 15.0 Å². The molecule has 0 fully saturated rings. The summed E-state index contributed by atoms with van der Waals surface area (Å²) in [6.45, 7) is 14.6. The van der Waals surface area contributed by atoms with Gasteiger partial charge in [0.15, 0.2) is 5.78 Å². The molecule has 0 aliphatic heterocycles. The second-order valence-electron chi connectivity index (χ2n) is 13.0. The molecule has 1 rings (SSSR count). The zero-order valence-corrected chi connectivity index (χ0v) is 25.3. The molecule has 0 saturated heterocycles. The Morgan fingerprint density at radius 2 is 1.19 bits per heavy atom. The first kappa shape index (κ1) is 33.4. The number of aliphatic hydroxyl groups excluding tert-OH is 1. The molecule has 2 N–H and O–H groups in total. The average molecular weight is 515 g/mol. The molecule has 1 aromatic carbocycles. The van der Waals surface area contributed by atoms with Crippen LogP contribution in [0, 0.1) is 0 Å². The number of Topliss-reactive ketones (excluding diaryl/α,β-unsaturated/α-hetero) is 1. The molecule has 212 valence electrons. The Bertz CT molecular complexity index is 772. The molecule has 0 heterocycles. The van der Waals surface area contributed by atoms with Crippen LogP contribution >= 0.6 is 0 Å². The lowest BCUT2D eigenvalue weighted by Crippen LogP contribution is -2.18. The molecule has 0 bridgehead atoms. The van der Waals surface area contributed by atoms with Crippen LogP contribution in [0.2, 0.25) is 0 Å². The van der Waals surface area contributed by atoms with Gasteiger partial charge in [0.05, 0.1) is 6.10 Å². The first-order chi connectivity index (χ1) is 17.4. The molecule has 0 aliphatic rings. The van der Waals surface area contributed by atoms with Gasteiger partial charge < -0.3 is 10.2 Å². The first-order valence-electron chi connectivity index (χ1n) is 15.1. The van der Waals surface area contributed by atoms with Gasteiger partial charge in [-0.15, -0.1) is 0 Å². The topological polar surface area (TPSA) is 57.5 Å². The van der Waals surface area contributed by atoms with Gasteiger partial charge in [0.25, 0.3) is 0 Å². The fourth-order valence-electron chi connectivity index (χ4n) is 4.77. The zero-order valence-electron chi connectivity index (χ0n) is 25.3. The highest BCUT2D eigenvalue weighted by Crippen LogP contribution is 2.40. The van der Waals surface area contributed by atoms with Gasteiger partial charge in [-0.2, -0.15) is 0 Å². The Hall–Kier alpha value is -1.61. The van der Waals surface area contributed by atoms with Crippen LogP contribution in [-0.2, 0) is 10.8 Å². The summed E-state index contributed by atoms with van der Waals surface area (Å²) < 4.78 is 0. The molecule has 0 aromatic heterocycles. The van der Waals surface area contributed by atoms with Crippen molar-refractivity contribution in [2.75, 3.05) is 0 Å². The Balaban J connectivity index is 2.23. The van der Waals surface area contributed by atoms with Gasteiger partial charge in [0.2, 0.25) is 0 Å². The fraction of sp³-hybridized carbons (Fsp3) is 0.735. The van der Waals surface area contributed by atoms with Crippen LogP contribution < -0.4 is 0 Å². The average Bonchev–Trinajstić information content (AvgIpc) is 2.81. The summed E-state index contributed by atoms with van der Waals surface area (Å²) in [4.78, 5) is 13.0. The van der Waals surface area contributed by atoms with Crippen LogP contribution in [0.25, 0.3) is 0 Å². The smallest absolute Gasteiger partial charge is 0.162 e. The molecule has 0 spiro atoms. The first-order valence-corrected chi connectivity index (χ1v) is 15.1. The highest BCUT2D eigenvalue weighted by Gasteiger charge is 2.27. The molecule has 0 amide bonds. The number of phenolic OH excluding ortho intramolecular Hbond substituents is 1. The van der Waals surface area contributed by atoms with E-state index < -0.39 is 0 Å². The van der Waals surface area contributed by atoms with E-state index in [1.807, 2.05) is 19.1 Å². The van der Waals surface area contributed by atoms with Crippen molar-refractivity contribution < 1.29 is 15.0 Å². The molecular weight excluding hydrogens is 456 g/mol. The van der Waals surface area contributed by atoms with Crippen LogP contribution in [0.1, 0.15) is 166 Å². The number of hydrogen-bond donors (Lipinski definition) is 2. The number of phenols is 1. The molecule has 37 heavy (non-hydrogen) atoms. The Labute approximate surface area is 229 Å². The summed E-state index contributed by atoms with van der Waals surface area (Å²) in [6, 6.07) is 3.83. The maximum absolute atomic E-state index is 13.0. The quantitative estimate of drug-likeness (QED) is 0.116. The summed E-state index contributed by atoms with van der Waals surface area (Å²) in [5.41, 5.74) is 2.04. The number of ketones is 1. The third-order valence-electron chi connectivity index (χ3n) is 7.37. The van der Waals surface area contributed by atoms with E-state index in [0.29, 0.717) is 12.2 Å². The summed E-state index contributed by atoms with van der Waals surface area (Å²) in [6.07, 6.45) is 21.3. The molecule has 0 aliphatic carbocycles. The molecule has 3 nitrogen and oxygen atoms in total. The van der Waals surface area contributed by atoms with Gasteiger partial charge in [0, 0.05) is 23.1 Å². The number of aromatic hydroxyl groups is 1. The Morgan fingerprint density at radius 1 is 0.757 bits per heavy atom. The number of benzene rings is 1. The van der Waals surface area contributed by atoms with E-state index in [4.69, 9.17) is 0 Å². The van der Waals surface area contributed by atoms with Crippen LogP contribution in [0.3, 0.4) is 0 Å². The maximum atomic E-state index is 13.0. The van der Waals surface area contributed by atoms with Crippen molar-refractivity contribution >= 4 is 5.78 Å². The van der Waals surface area contributed by atoms with Crippen molar-refractivity contribution in [2.24, 2.45) is 0 Å². The standard InChI is InChI=1S/C34H58O3/c1-8-28(35)23-21-19-17-15-13-11-9-10-12-14-16-18-20-22-24-31(36)27-25-29(33(2,3)4)32(37)30(26-27)34(5,6)7/h9,11,25-26,28,35,37H,8,10,12-24H2,1-7H3/b11-9+. The minimum absolute atomic E-state index is 0.100. The minimum Gasteiger partial charge on any atom is -0.507 e. The maximum Gasteiger partial charge on any atom is 0.162 e. The van der Waals surface area contributed by atoms with E-state index in [1.165, 1.54) is 57.8 Å². The SMILES string of the molecule is CCC(O)CCCCCC/C=C/CCCCCCCCC(=O)c1cc(C(C)(C)C)c(O)c(C(C)(C)C)c1. The van der Waals surface area contributed by atoms with E-state index >= 15 is 0 Å². The number of unbranched alkanes of at least 4 members (excludes halogenated alkanes) is 10. The van der Waals surface area contributed by atoms with Gasteiger partial charge in [-0.05, 0) is 67.9 Å². The number of allylic oxidation sites excluding steroid dienone is 2. The van der Waals surface area contributed by atoms with Gasteiger partial charge >= 0.3 is 0 Å². The number of hydrogen-bond acceptors (Lipinski definition) is 3. The van der Waals surface area contributed by atoms with E-state index in [2.05, 4.69) is 53.7 Å². The van der Waals surface area contributed by atoms with E-state index in [0.717, 1.165) is 48.8 Å². The van der Waals surface area contributed by atoms with E-state index in [1.54, 1.807) is 0 Å². The van der Waals surface area contributed by atoms with Crippen molar-refractivity contribution in [3.63, 3.8) is 0 Å². The van der Waals surface area contributed by atoms with Crippen LogP contribution in [0.15, 0.2) is 24.3 Å². The van der Waals surface area contributed by atoms with Gasteiger partial charge in [-0.25, -0.2) is 0 Å². The molecule has 1 aromatic rings. The fourth-order valence-corrected chi connectivity index (χ4v) is 4.77. The second kappa shape index (κ2) is 17.1. The van der Waals surface area contributed by atoms with Gasteiger partial charge in [0.1, 0.15) is 5.75 Å². The van der Waals surface area contributed by atoms with Crippen molar-refractivity contribution in [2.45, 2.75) is 162 Å². The largest absolute Gasteiger partial charge is 0.507 e. The third-order valence-corrected chi connectivity index (χ3v) is 7.37.